The second kappa shape index (κ2) is 5.30. The number of halogens is 1. The van der Waals surface area contributed by atoms with E-state index in [9.17, 15) is 0 Å². The number of benzene rings is 1. The fourth-order valence-electron chi connectivity index (χ4n) is 2.32. The predicted octanol–water partition coefficient (Wildman–Crippen LogP) is 4.66. The lowest BCUT2D eigenvalue weighted by Crippen LogP contribution is -2.37. The van der Waals surface area contributed by atoms with Gasteiger partial charge in [-0.15, -0.1) is 0 Å². The molecule has 0 amide bonds. The first-order valence-electron chi connectivity index (χ1n) is 5.83. The topological polar surface area (TPSA) is 52.0 Å². The molecule has 2 rings (SSSR count). The maximum atomic E-state index is 8.60. The van der Waals surface area contributed by atoms with Gasteiger partial charge in [0.15, 0.2) is 0 Å². The summed E-state index contributed by atoms with van der Waals surface area (Å²) in [5, 5.41) is 4.33. The standard InChI is InChI=1S/C12H15ClN4/c1-9-4-2-3-7-17(9)12-6-5-10(13)8-11(12)15-16-14/h5-6,8-9H,2-4,7H2,1H3. The van der Waals surface area contributed by atoms with Gasteiger partial charge in [0.2, 0.25) is 0 Å². The first kappa shape index (κ1) is 12.1. The van der Waals surface area contributed by atoms with Gasteiger partial charge in [0, 0.05) is 28.2 Å². The Labute approximate surface area is 106 Å². The van der Waals surface area contributed by atoms with Crippen LogP contribution in [0, 0.1) is 0 Å². The van der Waals surface area contributed by atoms with Crippen LogP contribution in [0.4, 0.5) is 11.4 Å². The van der Waals surface area contributed by atoms with Crippen molar-refractivity contribution in [2.75, 3.05) is 11.4 Å². The van der Waals surface area contributed by atoms with Crippen LogP contribution in [0.2, 0.25) is 5.02 Å². The smallest absolute Gasteiger partial charge is 0.0623 e. The highest BCUT2D eigenvalue weighted by Crippen LogP contribution is 2.35. The molecule has 5 heteroatoms. The van der Waals surface area contributed by atoms with Gasteiger partial charge < -0.3 is 4.90 Å². The van der Waals surface area contributed by atoms with Gasteiger partial charge >= 0.3 is 0 Å². The Morgan fingerprint density at radius 3 is 3.00 bits per heavy atom. The van der Waals surface area contributed by atoms with Gasteiger partial charge in [0.1, 0.15) is 0 Å². The average molecular weight is 251 g/mol. The Morgan fingerprint density at radius 1 is 1.47 bits per heavy atom. The van der Waals surface area contributed by atoms with Gasteiger partial charge in [-0.25, -0.2) is 0 Å². The van der Waals surface area contributed by atoms with Crippen LogP contribution in [0.1, 0.15) is 26.2 Å². The number of anilines is 1. The van der Waals surface area contributed by atoms with Crippen molar-refractivity contribution in [3.05, 3.63) is 33.7 Å². The second-order valence-corrected chi connectivity index (χ2v) is 4.80. The van der Waals surface area contributed by atoms with Gasteiger partial charge in [-0.05, 0) is 49.9 Å². The van der Waals surface area contributed by atoms with Crippen molar-refractivity contribution >= 4 is 23.0 Å². The predicted molar refractivity (Wildman–Crippen MR) is 70.9 cm³/mol. The molecular formula is C12H15ClN4. The number of rotatable bonds is 2. The van der Waals surface area contributed by atoms with E-state index in [-0.39, 0.29) is 0 Å². The lowest BCUT2D eigenvalue weighted by Gasteiger charge is -2.36. The maximum Gasteiger partial charge on any atom is 0.0623 e. The first-order chi connectivity index (χ1) is 8.22. The highest BCUT2D eigenvalue weighted by atomic mass is 35.5. The molecule has 0 bridgehead atoms. The molecule has 1 atom stereocenters. The minimum Gasteiger partial charge on any atom is -0.368 e. The molecule has 1 aliphatic heterocycles. The van der Waals surface area contributed by atoms with Crippen molar-refractivity contribution < 1.29 is 0 Å². The van der Waals surface area contributed by atoms with Crippen molar-refractivity contribution in [1.29, 1.82) is 0 Å². The normalized spacial score (nSPS) is 19.9. The summed E-state index contributed by atoms with van der Waals surface area (Å²) in [7, 11) is 0. The highest BCUT2D eigenvalue weighted by molar-refractivity contribution is 6.31. The van der Waals surface area contributed by atoms with Crippen molar-refractivity contribution in [3.8, 4) is 0 Å². The molecule has 0 radical (unpaired) electrons. The van der Waals surface area contributed by atoms with E-state index in [2.05, 4.69) is 21.8 Å². The summed E-state index contributed by atoms with van der Waals surface area (Å²) in [5.41, 5.74) is 10.2. The Bertz CT molecular complexity index is 454. The summed E-state index contributed by atoms with van der Waals surface area (Å²) in [6.07, 6.45) is 3.63. The van der Waals surface area contributed by atoms with Crippen LogP contribution in [0.5, 0.6) is 0 Å². The summed E-state index contributed by atoms with van der Waals surface area (Å²) < 4.78 is 0. The molecule has 0 saturated carbocycles. The lowest BCUT2D eigenvalue weighted by atomic mass is 10.0. The lowest BCUT2D eigenvalue weighted by molar-refractivity contribution is 0.485. The molecule has 1 aliphatic rings. The largest absolute Gasteiger partial charge is 0.368 e. The van der Waals surface area contributed by atoms with Crippen LogP contribution in [0.25, 0.3) is 10.4 Å². The zero-order valence-electron chi connectivity index (χ0n) is 9.80. The Hall–Kier alpha value is -1.38. The third-order valence-electron chi connectivity index (χ3n) is 3.20. The van der Waals surface area contributed by atoms with Crippen LogP contribution < -0.4 is 4.90 Å². The molecule has 0 aromatic heterocycles. The van der Waals surface area contributed by atoms with Gasteiger partial charge in [-0.3, -0.25) is 0 Å². The molecule has 1 unspecified atom stereocenters. The molecule has 1 aromatic carbocycles. The van der Waals surface area contributed by atoms with Crippen LogP contribution in [0.3, 0.4) is 0 Å². The molecule has 1 aromatic rings. The zero-order valence-corrected chi connectivity index (χ0v) is 10.6. The molecule has 90 valence electrons. The third kappa shape index (κ3) is 2.65. The monoisotopic (exact) mass is 250 g/mol. The van der Waals surface area contributed by atoms with E-state index in [1.807, 2.05) is 12.1 Å². The molecular weight excluding hydrogens is 236 g/mol. The molecule has 4 nitrogen and oxygen atoms in total. The Kier molecular flexibility index (Phi) is 3.77. The van der Waals surface area contributed by atoms with Crippen LogP contribution in [-0.4, -0.2) is 12.6 Å². The molecule has 0 N–H and O–H groups in total. The van der Waals surface area contributed by atoms with Gasteiger partial charge in [-0.2, -0.15) is 0 Å². The van der Waals surface area contributed by atoms with E-state index in [1.54, 1.807) is 6.07 Å². The summed E-state index contributed by atoms with van der Waals surface area (Å²) >= 11 is 5.93. The van der Waals surface area contributed by atoms with Gasteiger partial charge in [0.05, 0.1) is 5.69 Å². The number of piperidine rings is 1. The number of nitrogens with zero attached hydrogens (tertiary/aromatic N) is 4. The fourth-order valence-corrected chi connectivity index (χ4v) is 2.49. The summed E-state index contributed by atoms with van der Waals surface area (Å²) in [6.45, 7) is 3.21. The van der Waals surface area contributed by atoms with E-state index in [4.69, 9.17) is 17.1 Å². The van der Waals surface area contributed by atoms with Crippen molar-refractivity contribution in [2.24, 2.45) is 5.11 Å². The van der Waals surface area contributed by atoms with E-state index >= 15 is 0 Å². The fraction of sp³-hybridized carbons (Fsp3) is 0.500. The second-order valence-electron chi connectivity index (χ2n) is 4.36. The SMILES string of the molecule is CC1CCCCN1c1ccc(Cl)cc1N=[N+]=[N-]. The quantitative estimate of drug-likeness (QED) is 0.428. The van der Waals surface area contributed by atoms with E-state index < -0.39 is 0 Å². The van der Waals surface area contributed by atoms with E-state index in [0.717, 1.165) is 12.2 Å². The van der Waals surface area contributed by atoms with Gasteiger partial charge in [0.25, 0.3) is 0 Å². The van der Waals surface area contributed by atoms with Crippen LogP contribution >= 0.6 is 11.6 Å². The third-order valence-corrected chi connectivity index (χ3v) is 3.44. The molecule has 0 aliphatic carbocycles. The van der Waals surface area contributed by atoms with Crippen LogP contribution in [0.15, 0.2) is 23.3 Å². The van der Waals surface area contributed by atoms with E-state index in [0.29, 0.717) is 16.8 Å². The van der Waals surface area contributed by atoms with Crippen molar-refractivity contribution in [1.82, 2.24) is 0 Å². The number of hydrogen-bond acceptors (Lipinski definition) is 2. The number of azide groups is 1. The molecule has 1 saturated heterocycles. The average Bonchev–Trinajstić information content (AvgIpc) is 2.31. The van der Waals surface area contributed by atoms with E-state index in [1.165, 1.54) is 19.3 Å². The first-order valence-corrected chi connectivity index (χ1v) is 6.21. The molecule has 1 fully saturated rings. The molecule has 17 heavy (non-hydrogen) atoms. The van der Waals surface area contributed by atoms with Gasteiger partial charge in [-0.1, -0.05) is 16.7 Å². The summed E-state index contributed by atoms with van der Waals surface area (Å²) in [6, 6.07) is 5.98. The summed E-state index contributed by atoms with van der Waals surface area (Å²) in [4.78, 5) is 5.16. The minimum atomic E-state index is 0.484. The zero-order chi connectivity index (χ0) is 12.3. The van der Waals surface area contributed by atoms with Crippen LogP contribution in [-0.2, 0) is 0 Å². The molecule has 0 spiro atoms. The highest BCUT2D eigenvalue weighted by Gasteiger charge is 2.20. The summed E-state index contributed by atoms with van der Waals surface area (Å²) in [5.74, 6) is 0. The number of hydrogen-bond donors (Lipinski definition) is 0. The Balaban J connectivity index is 2.39. The van der Waals surface area contributed by atoms with Crippen molar-refractivity contribution in [2.45, 2.75) is 32.2 Å². The molecule has 1 heterocycles. The Morgan fingerprint density at radius 2 is 2.29 bits per heavy atom. The van der Waals surface area contributed by atoms with Crippen molar-refractivity contribution in [3.63, 3.8) is 0 Å². The minimum absolute atomic E-state index is 0.484. The maximum absolute atomic E-state index is 8.60.